The fourth-order valence-electron chi connectivity index (χ4n) is 1.78. The van der Waals surface area contributed by atoms with Crippen molar-refractivity contribution in [1.29, 1.82) is 0 Å². The second kappa shape index (κ2) is 6.13. The second-order valence-electron chi connectivity index (χ2n) is 4.16. The quantitative estimate of drug-likeness (QED) is 0.737. The molecule has 0 aromatic rings. The van der Waals surface area contributed by atoms with E-state index in [1.165, 1.54) is 0 Å². The minimum Gasteiger partial charge on any atom is -0.335 e. The molecule has 0 saturated carbocycles. The van der Waals surface area contributed by atoms with E-state index in [0.29, 0.717) is 6.54 Å². The summed E-state index contributed by atoms with van der Waals surface area (Å²) in [6, 6.07) is 0.261. The molecule has 0 radical (unpaired) electrons. The summed E-state index contributed by atoms with van der Waals surface area (Å²) in [6.45, 7) is 7.29. The van der Waals surface area contributed by atoms with Crippen LogP contribution in [0.4, 0.5) is 0 Å². The zero-order valence-corrected chi connectivity index (χ0v) is 10.6. The van der Waals surface area contributed by atoms with Gasteiger partial charge in [-0.25, -0.2) is 0 Å². The largest absolute Gasteiger partial charge is 0.335 e. The van der Waals surface area contributed by atoms with Crippen molar-refractivity contribution in [3.05, 3.63) is 11.1 Å². The van der Waals surface area contributed by atoms with Gasteiger partial charge in [-0.1, -0.05) is 5.57 Å². The van der Waals surface area contributed by atoms with Crippen LogP contribution in [0.1, 0.15) is 33.6 Å². The first kappa shape index (κ1) is 14.5. The van der Waals surface area contributed by atoms with Gasteiger partial charge in [0.05, 0.1) is 0 Å². The van der Waals surface area contributed by atoms with Crippen LogP contribution in [0.2, 0.25) is 0 Å². The molecule has 4 heteroatoms. The van der Waals surface area contributed by atoms with Gasteiger partial charge >= 0.3 is 0 Å². The van der Waals surface area contributed by atoms with E-state index in [0.717, 1.165) is 30.5 Å². The molecule has 2 N–H and O–H groups in total. The molecule has 0 spiro atoms. The summed E-state index contributed by atoms with van der Waals surface area (Å²) < 4.78 is 0. The molecule has 1 rings (SSSR count). The van der Waals surface area contributed by atoms with E-state index in [2.05, 4.69) is 0 Å². The zero-order valence-electron chi connectivity index (χ0n) is 9.75. The van der Waals surface area contributed by atoms with Gasteiger partial charge in [0.2, 0.25) is 5.91 Å². The molecule has 0 aromatic carbocycles. The maximum absolute atomic E-state index is 12.0. The standard InChI is InChI=1S/C11H20N2O.ClH/c1-8(2)9(3)11(14)13-6-4-5-10(13)7-12;/h10H,4-7,12H2,1-3H3;1H. The van der Waals surface area contributed by atoms with Crippen molar-refractivity contribution in [2.75, 3.05) is 13.1 Å². The molecule has 1 aliphatic heterocycles. The number of nitrogens with two attached hydrogens (primary N) is 1. The Labute approximate surface area is 98.1 Å². The molecule has 3 nitrogen and oxygen atoms in total. The second-order valence-corrected chi connectivity index (χ2v) is 4.16. The number of halogens is 1. The Morgan fingerprint density at radius 2 is 2.00 bits per heavy atom. The van der Waals surface area contributed by atoms with Crippen molar-refractivity contribution < 1.29 is 4.79 Å². The first-order valence-electron chi connectivity index (χ1n) is 5.23. The van der Waals surface area contributed by atoms with Crippen molar-refractivity contribution in [3.63, 3.8) is 0 Å². The normalized spacial score (nSPS) is 19.7. The van der Waals surface area contributed by atoms with Gasteiger partial charge < -0.3 is 10.6 Å². The van der Waals surface area contributed by atoms with Crippen LogP contribution in [0.25, 0.3) is 0 Å². The Morgan fingerprint density at radius 3 is 2.47 bits per heavy atom. The Kier molecular flexibility index (Phi) is 5.91. The summed E-state index contributed by atoms with van der Waals surface area (Å²) in [7, 11) is 0. The highest BCUT2D eigenvalue weighted by Gasteiger charge is 2.28. The number of likely N-dealkylation sites (tertiary alicyclic amines) is 1. The van der Waals surface area contributed by atoms with Crippen LogP contribution < -0.4 is 5.73 Å². The molecule has 1 saturated heterocycles. The van der Waals surface area contributed by atoms with Gasteiger partial charge in [0, 0.05) is 24.7 Å². The Morgan fingerprint density at radius 1 is 1.40 bits per heavy atom. The molecule has 1 unspecified atom stereocenters. The van der Waals surface area contributed by atoms with E-state index in [-0.39, 0.29) is 24.4 Å². The highest BCUT2D eigenvalue weighted by Crippen LogP contribution is 2.19. The molecule has 1 heterocycles. The van der Waals surface area contributed by atoms with Crippen molar-refractivity contribution in [1.82, 2.24) is 4.90 Å². The Balaban J connectivity index is 0.00000196. The van der Waals surface area contributed by atoms with Gasteiger partial charge in [-0.2, -0.15) is 0 Å². The molecule has 0 aliphatic carbocycles. The van der Waals surface area contributed by atoms with E-state index in [1.54, 1.807) is 0 Å². The summed E-state index contributed by atoms with van der Waals surface area (Å²) in [5.74, 6) is 0.165. The lowest BCUT2D eigenvalue weighted by atomic mass is 10.1. The van der Waals surface area contributed by atoms with Gasteiger partial charge in [-0.05, 0) is 33.6 Å². The van der Waals surface area contributed by atoms with Crippen LogP contribution in [0.5, 0.6) is 0 Å². The van der Waals surface area contributed by atoms with Crippen LogP contribution in [-0.2, 0) is 4.79 Å². The van der Waals surface area contributed by atoms with Gasteiger partial charge in [-0.3, -0.25) is 4.79 Å². The van der Waals surface area contributed by atoms with E-state index in [4.69, 9.17) is 5.73 Å². The number of rotatable bonds is 2. The smallest absolute Gasteiger partial charge is 0.249 e. The fourth-order valence-corrected chi connectivity index (χ4v) is 1.78. The minimum absolute atomic E-state index is 0. The van der Waals surface area contributed by atoms with Gasteiger partial charge in [0.25, 0.3) is 0 Å². The highest BCUT2D eigenvalue weighted by molar-refractivity contribution is 5.93. The lowest BCUT2D eigenvalue weighted by molar-refractivity contribution is -0.127. The monoisotopic (exact) mass is 232 g/mol. The zero-order chi connectivity index (χ0) is 10.7. The predicted octanol–water partition coefficient (Wildman–Crippen LogP) is 1.71. The van der Waals surface area contributed by atoms with Crippen molar-refractivity contribution in [2.24, 2.45) is 5.73 Å². The number of nitrogens with zero attached hydrogens (tertiary/aromatic N) is 1. The number of amides is 1. The third-order valence-electron chi connectivity index (χ3n) is 2.98. The van der Waals surface area contributed by atoms with E-state index >= 15 is 0 Å². The van der Waals surface area contributed by atoms with Crippen LogP contribution in [-0.4, -0.2) is 29.9 Å². The summed E-state index contributed by atoms with van der Waals surface area (Å²) in [5, 5.41) is 0. The summed E-state index contributed by atoms with van der Waals surface area (Å²) in [6.07, 6.45) is 2.14. The van der Waals surface area contributed by atoms with Crippen molar-refractivity contribution in [3.8, 4) is 0 Å². The SMILES string of the molecule is CC(C)=C(C)C(=O)N1CCCC1CN.Cl. The van der Waals surface area contributed by atoms with Crippen LogP contribution in [0.3, 0.4) is 0 Å². The fraction of sp³-hybridized carbons (Fsp3) is 0.727. The van der Waals surface area contributed by atoms with Gasteiger partial charge in [-0.15, -0.1) is 12.4 Å². The predicted molar refractivity (Wildman–Crippen MR) is 65.1 cm³/mol. The molecular weight excluding hydrogens is 212 g/mol. The first-order chi connectivity index (χ1) is 6.57. The maximum atomic E-state index is 12.0. The molecular formula is C11H21ClN2O. The average molecular weight is 233 g/mol. The van der Waals surface area contributed by atoms with Crippen molar-refractivity contribution in [2.45, 2.75) is 39.7 Å². The number of carbonyl (C=O) groups excluding carboxylic acids is 1. The molecule has 0 bridgehead atoms. The molecule has 88 valence electrons. The number of hydrogen-bond donors (Lipinski definition) is 1. The minimum atomic E-state index is 0. The molecule has 0 aromatic heterocycles. The van der Waals surface area contributed by atoms with Crippen LogP contribution >= 0.6 is 12.4 Å². The van der Waals surface area contributed by atoms with E-state index < -0.39 is 0 Å². The lowest BCUT2D eigenvalue weighted by Gasteiger charge is -2.24. The van der Waals surface area contributed by atoms with Crippen LogP contribution in [0, 0.1) is 0 Å². The van der Waals surface area contributed by atoms with E-state index in [1.807, 2.05) is 25.7 Å². The molecule has 15 heavy (non-hydrogen) atoms. The summed E-state index contributed by atoms with van der Waals surface area (Å²) in [5.41, 5.74) is 7.59. The topological polar surface area (TPSA) is 46.3 Å². The summed E-state index contributed by atoms with van der Waals surface area (Å²) in [4.78, 5) is 13.9. The van der Waals surface area contributed by atoms with Crippen LogP contribution in [0.15, 0.2) is 11.1 Å². The Hall–Kier alpha value is -0.540. The van der Waals surface area contributed by atoms with Gasteiger partial charge in [0.1, 0.15) is 0 Å². The Bertz CT molecular complexity index is 259. The number of allylic oxidation sites excluding steroid dienone is 1. The highest BCUT2D eigenvalue weighted by atomic mass is 35.5. The number of hydrogen-bond acceptors (Lipinski definition) is 2. The summed E-state index contributed by atoms with van der Waals surface area (Å²) >= 11 is 0. The molecule has 1 amide bonds. The third kappa shape index (κ3) is 3.21. The molecule has 1 aliphatic rings. The number of carbonyl (C=O) groups is 1. The first-order valence-corrected chi connectivity index (χ1v) is 5.23. The molecule has 1 fully saturated rings. The lowest BCUT2D eigenvalue weighted by Crippen LogP contribution is -2.40. The molecule has 1 atom stereocenters. The third-order valence-corrected chi connectivity index (χ3v) is 2.98. The maximum Gasteiger partial charge on any atom is 0.249 e. The van der Waals surface area contributed by atoms with E-state index in [9.17, 15) is 4.79 Å². The van der Waals surface area contributed by atoms with Crippen molar-refractivity contribution >= 4 is 18.3 Å². The van der Waals surface area contributed by atoms with Gasteiger partial charge in [0.15, 0.2) is 0 Å². The average Bonchev–Trinajstić information content (AvgIpc) is 2.62.